The molecule has 0 aromatic carbocycles. The highest BCUT2D eigenvalue weighted by atomic mass is 32.1. The third-order valence-corrected chi connectivity index (χ3v) is 5.34. The van der Waals surface area contributed by atoms with Crippen LogP contribution in [0, 0.1) is 0 Å². The number of hydrogen-bond donors (Lipinski definition) is 2. The number of ether oxygens (including phenoxy) is 1. The molecule has 0 atom stereocenters. The molecule has 0 bridgehead atoms. The molecule has 0 radical (unpaired) electrons. The monoisotopic (exact) mass is 313 g/mol. The molecule has 0 aliphatic carbocycles. The molecule has 118 valence electrons. The Balaban J connectivity index is 2.13. The van der Waals surface area contributed by atoms with Gasteiger partial charge in [0.2, 0.25) is 0 Å². The van der Waals surface area contributed by atoms with Crippen molar-refractivity contribution in [1.29, 1.82) is 0 Å². The van der Waals surface area contributed by atoms with E-state index in [9.17, 15) is 10.1 Å². The van der Waals surface area contributed by atoms with E-state index in [1.807, 2.05) is 0 Å². The van der Waals surface area contributed by atoms with Crippen molar-refractivity contribution in [1.82, 2.24) is 4.98 Å². The van der Waals surface area contributed by atoms with Crippen LogP contribution >= 0.6 is 11.3 Å². The number of thiazole rings is 1. The number of rotatable bonds is 5. The summed E-state index contributed by atoms with van der Waals surface area (Å²) in [4.78, 5) is 5.35. The summed E-state index contributed by atoms with van der Waals surface area (Å²) in [5, 5.41) is 20.5. The van der Waals surface area contributed by atoms with Crippen molar-refractivity contribution in [2.45, 2.75) is 57.7 Å². The van der Waals surface area contributed by atoms with E-state index in [4.69, 9.17) is 9.39 Å². The summed E-state index contributed by atoms with van der Waals surface area (Å²) in [6.07, 6.45) is 1.88. The molecule has 1 fully saturated rings. The van der Waals surface area contributed by atoms with Crippen molar-refractivity contribution in [2.75, 3.05) is 13.2 Å². The lowest BCUT2D eigenvalue weighted by Gasteiger charge is -2.38. The molecule has 1 aromatic heterocycles. The van der Waals surface area contributed by atoms with E-state index in [0.29, 0.717) is 11.5 Å². The Morgan fingerprint density at radius 3 is 2.52 bits per heavy atom. The molecule has 1 aliphatic rings. The molecule has 2 N–H and O–H groups in total. The minimum absolute atomic E-state index is 0.366. The molecule has 7 heteroatoms. The fraction of sp³-hybridized carbons (Fsp3) is 0.786. The van der Waals surface area contributed by atoms with Gasteiger partial charge >= 0.3 is 7.12 Å². The summed E-state index contributed by atoms with van der Waals surface area (Å²) in [5.41, 5.74) is 0.361. The summed E-state index contributed by atoms with van der Waals surface area (Å²) >= 11 is 1.55. The SMILES string of the molecule is CC(C)(O)C(C)(C)OB(O)c1ncsc1C1CCOCC1. The Hall–Kier alpha value is -0.465. The first kappa shape index (κ1) is 16.9. The van der Waals surface area contributed by atoms with Gasteiger partial charge in [0.05, 0.1) is 22.3 Å². The van der Waals surface area contributed by atoms with Gasteiger partial charge < -0.3 is 19.5 Å². The zero-order valence-electron chi connectivity index (χ0n) is 13.1. The molecule has 5 nitrogen and oxygen atoms in total. The summed E-state index contributed by atoms with van der Waals surface area (Å²) in [6.45, 7) is 8.34. The molecular weight excluding hydrogens is 289 g/mol. The van der Waals surface area contributed by atoms with E-state index in [0.717, 1.165) is 30.9 Å². The van der Waals surface area contributed by atoms with Crippen LogP contribution in [0.25, 0.3) is 0 Å². The van der Waals surface area contributed by atoms with Crippen LogP contribution in [0.2, 0.25) is 0 Å². The minimum Gasteiger partial charge on any atom is -0.422 e. The minimum atomic E-state index is -1.13. The van der Waals surface area contributed by atoms with Crippen LogP contribution in [-0.4, -0.2) is 46.6 Å². The predicted octanol–water partition coefficient (Wildman–Crippen LogP) is 1.29. The largest absolute Gasteiger partial charge is 0.512 e. The molecule has 0 amide bonds. The zero-order valence-corrected chi connectivity index (χ0v) is 13.9. The van der Waals surface area contributed by atoms with Crippen molar-refractivity contribution >= 4 is 24.0 Å². The van der Waals surface area contributed by atoms with Crippen LogP contribution in [0.3, 0.4) is 0 Å². The number of hydrogen-bond acceptors (Lipinski definition) is 6. The molecule has 2 rings (SSSR count). The van der Waals surface area contributed by atoms with Crippen LogP contribution in [0.15, 0.2) is 5.51 Å². The highest BCUT2D eigenvalue weighted by Gasteiger charge is 2.41. The summed E-state index contributed by atoms with van der Waals surface area (Å²) < 4.78 is 11.1. The topological polar surface area (TPSA) is 71.8 Å². The summed E-state index contributed by atoms with van der Waals surface area (Å²) in [7, 11) is -1.13. The van der Waals surface area contributed by atoms with E-state index in [2.05, 4.69) is 4.98 Å². The third-order valence-electron chi connectivity index (χ3n) is 4.33. The van der Waals surface area contributed by atoms with Crippen molar-refractivity contribution in [3.8, 4) is 0 Å². The highest BCUT2D eigenvalue weighted by Crippen LogP contribution is 2.30. The quantitative estimate of drug-likeness (QED) is 0.802. The molecule has 1 aliphatic heterocycles. The summed E-state index contributed by atoms with van der Waals surface area (Å²) in [6, 6.07) is 0. The summed E-state index contributed by atoms with van der Waals surface area (Å²) in [5.74, 6) is 0.366. The van der Waals surface area contributed by atoms with Crippen LogP contribution in [0.1, 0.15) is 51.3 Å². The van der Waals surface area contributed by atoms with Crippen molar-refractivity contribution < 1.29 is 19.5 Å². The van der Waals surface area contributed by atoms with Crippen LogP contribution in [-0.2, 0) is 9.39 Å². The maximum absolute atomic E-state index is 10.4. The van der Waals surface area contributed by atoms with Gasteiger partial charge in [-0.05, 0) is 46.5 Å². The van der Waals surface area contributed by atoms with Gasteiger partial charge in [-0.2, -0.15) is 0 Å². The van der Waals surface area contributed by atoms with Crippen LogP contribution in [0.5, 0.6) is 0 Å². The number of nitrogens with zero attached hydrogens (tertiary/aromatic N) is 1. The molecule has 1 aromatic rings. The second-order valence-corrected chi connectivity index (χ2v) is 7.41. The molecule has 0 unspecified atom stereocenters. The lowest BCUT2D eigenvalue weighted by molar-refractivity contribution is -0.0983. The molecule has 2 heterocycles. The molecule has 0 spiro atoms. The maximum atomic E-state index is 10.4. The second-order valence-electron chi connectivity index (χ2n) is 6.53. The Kier molecular flexibility index (Phi) is 5.10. The van der Waals surface area contributed by atoms with Gasteiger partial charge in [0, 0.05) is 18.1 Å². The maximum Gasteiger partial charge on any atom is 0.512 e. The molecule has 1 saturated heterocycles. The Morgan fingerprint density at radius 2 is 1.95 bits per heavy atom. The Labute approximate surface area is 130 Å². The van der Waals surface area contributed by atoms with E-state index in [1.54, 1.807) is 44.5 Å². The highest BCUT2D eigenvalue weighted by molar-refractivity contribution is 7.11. The first-order valence-electron chi connectivity index (χ1n) is 7.31. The van der Waals surface area contributed by atoms with Crippen LogP contribution < -0.4 is 5.59 Å². The average Bonchev–Trinajstić information content (AvgIpc) is 2.87. The lowest BCUT2D eigenvalue weighted by Crippen LogP contribution is -2.53. The Morgan fingerprint density at radius 1 is 1.33 bits per heavy atom. The first-order valence-corrected chi connectivity index (χ1v) is 8.19. The van der Waals surface area contributed by atoms with Gasteiger partial charge in [0.15, 0.2) is 0 Å². The first-order chi connectivity index (χ1) is 9.72. The van der Waals surface area contributed by atoms with Crippen molar-refractivity contribution in [3.05, 3.63) is 10.4 Å². The fourth-order valence-electron chi connectivity index (χ4n) is 2.19. The van der Waals surface area contributed by atoms with Gasteiger partial charge in [0.25, 0.3) is 0 Å². The fourth-order valence-corrected chi connectivity index (χ4v) is 3.18. The molecule has 21 heavy (non-hydrogen) atoms. The number of aliphatic hydroxyl groups is 1. The Bertz CT molecular complexity index is 466. The lowest BCUT2D eigenvalue weighted by atomic mass is 9.77. The normalized spacial score (nSPS) is 18.0. The van der Waals surface area contributed by atoms with E-state index in [1.165, 1.54) is 0 Å². The van der Waals surface area contributed by atoms with Gasteiger partial charge in [-0.15, -0.1) is 11.3 Å². The van der Waals surface area contributed by atoms with E-state index < -0.39 is 18.3 Å². The smallest absolute Gasteiger partial charge is 0.422 e. The van der Waals surface area contributed by atoms with Gasteiger partial charge in [-0.3, -0.25) is 4.98 Å². The van der Waals surface area contributed by atoms with Crippen molar-refractivity contribution in [3.63, 3.8) is 0 Å². The zero-order chi connectivity index (χ0) is 15.7. The third kappa shape index (κ3) is 3.84. The second kappa shape index (κ2) is 6.34. The van der Waals surface area contributed by atoms with Gasteiger partial charge in [-0.25, -0.2) is 0 Å². The van der Waals surface area contributed by atoms with Crippen molar-refractivity contribution in [2.24, 2.45) is 0 Å². The predicted molar refractivity (Wildman–Crippen MR) is 84.0 cm³/mol. The molecular formula is C14H24BNO4S. The van der Waals surface area contributed by atoms with Crippen LogP contribution in [0.4, 0.5) is 0 Å². The average molecular weight is 313 g/mol. The van der Waals surface area contributed by atoms with E-state index in [-0.39, 0.29) is 0 Å². The molecule has 0 saturated carbocycles. The number of aromatic nitrogens is 1. The van der Waals surface area contributed by atoms with Gasteiger partial charge in [-0.1, -0.05) is 0 Å². The van der Waals surface area contributed by atoms with Gasteiger partial charge in [0.1, 0.15) is 0 Å². The standard InChI is InChI=1S/C14H24BNO4S/c1-13(2,17)14(3,4)20-15(18)12-11(21-9-16-12)10-5-7-19-8-6-10/h9-10,17-18H,5-8H2,1-4H3. The van der Waals surface area contributed by atoms with E-state index >= 15 is 0 Å².